The van der Waals surface area contributed by atoms with Crippen LogP contribution in [0.4, 0.5) is 10.1 Å². The summed E-state index contributed by atoms with van der Waals surface area (Å²) in [6.07, 6.45) is 0.866. The van der Waals surface area contributed by atoms with E-state index in [1.807, 2.05) is 0 Å². The lowest BCUT2D eigenvalue weighted by Crippen LogP contribution is -2.30. The van der Waals surface area contributed by atoms with E-state index < -0.39 is 29.4 Å². The molecular weight excluding hydrogens is 633 g/mol. The molecule has 246 valence electrons. The topological polar surface area (TPSA) is 149 Å². The van der Waals surface area contributed by atoms with Crippen LogP contribution in [0.5, 0.6) is 23.0 Å². The summed E-state index contributed by atoms with van der Waals surface area (Å²) in [5.41, 5.74) is 6.08. The molecule has 0 aliphatic carbocycles. The van der Waals surface area contributed by atoms with Gasteiger partial charge in [0.25, 0.3) is 11.5 Å². The van der Waals surface area contributed by atoms with E-state index >= 15 is 4.39 Å². The minimum atomic E-state index is -0.755. The maximum atomic E-state index is 15.3. The number of methoxy groups -OCH3 is 2. The number of fused-ring (bicyclic) bond motifs is 1. The molecule has 0 fully saturated rings. The van der Waals surface area contributed by atoms with Crippen molar-refractivity contribution in [3.63, 3.8) is 0 Å². The number of amides is 1. The summed E-state index contributed by atoms with van der Waals surface area (Å²) >= 11 is 0. The van der Waals surface area contributed by atoms with Crippen molar-refractivity contribution in [2.24, 2.45) is 5.73 Å². The molecule has 3 aromatic carbocycles. The Morgan fingerprint density at radius 3 is 2.34 bits per heavy atom. The van der Waals surface area contributed by atoms with Crippen LogP contribution in [0.25, 0.3) is 16.6 Å². The first-order valence-electron chi connectivity index (χ1n) is 14.2. The van der Waals surface area contributed by atoms with Crippen LogP contribution < -0.4 is 30.8 Å². The van der Waals surface area contributed by atoms with E-state index in [0.717, 1.165) is 6.07 Å². The standard InChI is InChI=1S/C33H32FN5O7.ClH/c1-19(45-30(40)17-35)18-38-20(2)31(33(42)39(38)22-8-6-5-7-9-22)32(41)37-21-10-11-27(24(34)14-21)46-26-12-13-36-25-16-29(44-4)28(43-3)15-23(25)26;/h5-16,19H,17-18,35H2,1-4H3,(H,37,41);1H. The van der Waals surface area contributed by atoms with Gasteiger partial charge in [0.2, 0.25) is 0 Å². The minimum absolute atomic E-state index is 0. The second kappa shape index (κ2) is 14.8. The van der Waals surface area contributed by atoms with Crippen molar-refractivity contribution in [2.75, 3.05) is 26.1 Å². The molecule has 0 radical (unpaired) electrons. The van der Waals surface area contributed by atoms with Gasteiger partial charge in [-0.25, -0.2) is 9.07 Å². The van der Waals surface area contributed by atoms with Crippen molar-refractivity contribution in [3.05, 3.63) is 100 Å². The third-order valence-corrected chi connectivity index (χ3v) is 7.17. The molecule has 0 saturated heterocycles. The van der Waals surface area contributed by atoms with Crippen molar-refractivity contribution in [1.29, 1.82) is 0 Å². The molecule has 0 bridgehead atoms. The highest BCUT2D eigenvalue weighted by Crippen LogP contribution is 2.37. The van der Waals surface area contributed by atoms with E-state index in [2.05, 4.69) is 10.3 Å². The summed E-state index contributed by atoms with van der Waals surface area (Å²) in [5.74, 6) is -0.942. The Morgan fingerprint density at radius 1 is 0.979 bits per heavy atom. The van der Waals surface area contributed by atoms with Gasteiger partial charge in [0.05, 0.1) is 44.2 Å². The molecule has 5 rings (SSSR count). The van der Waals surface area contributed by atoms with Gasteiger partial charge < -0.3 is 30.0 Å². The Morgan fingerprint density at radius 2 is 1.68 bits per heavy atom. The van der Waals surface area contributed by atoms with Crippen LogP contribution in [0.1, 0.15) is 23.0 Å². The number of hydrogen-bond acceptors (Lipinski definition) is 9. The zero-order valence-corrected chi connectivity index (χ0v) is 26.8. The smallest absolute Gasteiger partial charge is 0.320 e. The molecule has 5 aromatic rings. The van der Waals surface area contributed by atoms with E-state index in [9.17, 15) is 14.4 Å². The maximum absolute atomic E-state index is 15.3. The van der Waals surface area contributed by atoms with Gasteiger partial charge in [-0.1, -0.05) is 18.2 Å². The zero-order valence-electron chi connectivity index (χ0n) is 26.0. The molecular formula is C33H33ClFN5O7. The number of nitrogens with two attached hydrogens (primary N) is 1. The van der Waals surface area contributed by atoms with Gasteiger partial charge in [-0.15, -0.1) is 12.4 Å². The number of esters is 1. The predicted molar refractivity (Wildman–Crippen MR) is 176 cm³/mol. The highest BCUT2D eigenvalue weighted by molar-refractivity contribution is 6.05. The van der Waals surface area contributed by atoms with Crippen LogP contribution in [0.3, 0.4) is 0 Å². The fourth-order valence-corrected chi connectivity index (χ4v) is 5.02. The lowest BCUT2D eigenvalue weighted by atomic mass is 10.1. The van der Waals surface area contributed by atoms with E-state index in [4.69, 9.17) is 24.7 Å². The molecule has 14 heteroatoms. The Bertz CT molecular complexity index is 1980. The number of hydrogen-bond donors (Lipinski definition) is 2. The van der Waals surface area contributed by atoms with E-state index in [1.54, 1.807) is 67.1 Å². The average Bonchev–Trinajstić information content (AvgIpc) is 3.29. The molecule has 2 aromatic heterocycles. The molecule has 1 amide bonds. The Labute approximate surface area is 275 Å². The summed E-state index contributed by atoms with van der Waals surface area (Å²) in [5, 5.41) is 3.18. The number of carbonyl (C=O) groups excluding carboxylic acids is 2. The number of anilines is 1. The fraction of sp³-hybridized carbons (Fsp3) is 0.212. The molecule has 3 N–H and O–H groups in total. The summed E-state index contributed by atoms with van der Waals surface area (Å²) in [6, 6.07) is 17.6. The van der Waals surface area contributed by atoms with Crippen LogP contribution in [0.15, 0.2) is 77.7 Å². The van der Waals surface area contributed by atoms with Gasteiger partial charge in [-0.05, 0) is 50.2 Å². The molecule has 1 unspecified atom stereocenters. The van der Waals surface area contributed by atoms with E-state index in [1.165, 1.54) is 37.2 Å². The molecule has 47 heavy (non-hydrogen) atoms. The minimum Gasteiger partial charge on any atom is -0.493 e. The molecule has 0 aliphatic rings. The molecule has 1 atom stereocenters. The number of ether oxygens (including phenoxy) is 4. The Hall–Kier alpha value is -5.40. The summed E-state index contributed by atoms with van der Waals surface area (Å²) in [4.78, 5) is 43.2. The monoisotopic (exact) mass is 665 g/mol. The third-order valence-electron chi connectivity index (χ3n) is 7.17. The molecule has 2 heterocycles. The molecule has 0 saturated carbocycles. The first kappa shape index (κ1) is 34.5. The van der Waals surface area contributed by atoms with Crippen LogP contribution in [-0.4, -0.2) is 53.1 Å². The van der Waals surface area contributed by atoms with Gasteiger partial charge in [-0.3, -0.25) is 24.0 Å². The maximum Gasteiger partial charge on any atom is 0.320 e. The number of aromatic nitrogens is 3. The van der Waals surface area contributed by atoms with Crippen molar-refractivity contribution < 1.29 is 32.9 Å². The van der Waals surface area contributed by atoms with Crippen LogP contribution in [-0.2, 0) is 16.1 Å². The molecule has 12 nitrogen and oxygen atoms in total. The summed E-state index contributed by atoms with van der Waals surface area (Å²) < 4.78 is 40.1. The van der Waals surface area contributed by atoms with Crippen molar-refractivity contribution in [2.45, 2.75) is 26.5 Å². The first-order valence-corrected chi connectivity index (χ1v) is 14.2. The van der Waals surface area contributed by atoms with Gasteiger partial charge >= 0.3 is 5.97 Å². The first-order chi connectivity index (χ1) is 22.1. The van der Waals surface area contributed by atoms with E-state index in [-0.39, 0.29) is 42.5 Å². The van der Waals surface area contributed by atoms with Crippen LogP contribution >= 0.6 is 12.4 Å². The number of halogens is 2. The van der Waals surface area contributed by atoms with Gasteiger partial charge in [0.15, 0.2) is 23.1 Å². The van der Waals surface area contributed by atoms with Crippen LogP contribution in [0.2, 0.25) is 0 Å². The largest absolute Gasteiger partial charge is 0.493 e. The van der Waals surface area contributed by atoms with Crippen molar-refractivity contribution >= 4 is 40.9 Å². The number of rotatable bonds is 11. The Kier molecular flexibility index (Phi) is 10.9. The lowest BCUT2D eigenvalue weighted by Gasteiger charge is -2.18. The van der Waals surface area contributed by atoms with Crippen molar-refractivity contribution in [3.8, 4) is 28.7 Å². The zero-order chi connectivity index (χ0) is 33.0. The molecule has 0 aliphatic heterocycles. The number of nitrogens with zero attached hydrogens (tertiary/aromatic N) is 3. The predicted octanol–water partition coefficient (Wildman–Crippen LogP) is 5.01. The van der Waals surface area contributed by atoms with E-state index in [0.29, 0.717) is 39.5 Å². The highest BCUT2D eigenvalue weighted by atomic mass is 35.5. The second-order valence-corrected chi connectivity index (χ2v) is 10.2. The van der Waals surface area contributed by atoms with Gasteiger partial charge in [0.1, 0.15) is 17.4 Å². The summed E-state index contributed by atoms with van der Waals surface area (Å²) in [7, 11) is 3.01. The molecule has 0 spiro atoms. The van der Waals surface area contributed by atoms with Crippen molar-refractivity contribution in [1.82, 2.24) is 14.3 Å². The Balaban J connectivity index is 0.00000500. The lowest BCUT2D eigenvalue weighted by molar-refractivity contribution is -0.147. The second-order valence-electron chi connectivity index (χ2n) is 10.2. The van der Waals surface area contributed by atoms with Crippen LogP contribution in [0, 0.1) is 12.7 Å². The number of para-hydroxylation sites is 1. The number of carbonyl (C=O) groups is 2. The fourth-order valence-electron chi connectivity index (χ4n) is 5.02. The van der Waals surface area contributed by atoms with Gasteiger partial charge in [-0.2, -0.15) is 0 Å². The average molecular weight is 666 g/mol. The number of pyridine rings is 1. The summed E-state index contributed by atoms with van der Waals surface area (Å²) in [6.45, 7) is 3.03. The number of benzene rings is 3. The normalized spacial score (nSPS) is 11.4. The van der Waals surface area contributed by atoms with Gasteiger partial charge in [0, 0.05) is 29.4 Å². The highest BCUT2D eigenvalue weighted by Gasteiger charge is 2.26. The SMILES string of the molecule is COc1cc2nccc(Oc3ccc(NC(=O)c4c(C)n(CC(C)OC(=O)CN)n(-c5ccccc5)c4=O)cc3F)c2cc1OC.Cl. The quantitative estimate of drug-likeness (QED) is 0.186. The number of nitrogens with one attached hydrogen (secondary N) is 1. The third kappa shape index (κ3) is 7.21.